The Morgan fingerprint density at radius 2 is 2.11 bits per heavy atom. The summed E-state index contributed by atoms with van der Waals surface area (Å²) in [5, 5.41) is 13.2. The molecule has 1 saturated heterocycles. The van der Waals surface area contributed by atoms with Crippen molar-refractivity contribution in [3.63, 3.8) is 0 Å². The average Bonchev–Trinajstić information content (AvgIpc) is 3.08. The number of alkyl halides is 3. The predicted octanol–water partition coefficient (Wildman–Crippen LogP) is 1.72. The fourth-order valence-corrected chi connectivity index (χ4v) is 3.12. The highest BCUT2D eigenvalue weighted by atomic mass is 19.4. The fraction of sp³-hybridized carbons (Fsp3) is 0.588. The van der Waals surface area contributed by atoms with Gasteiger partial charge < -0.3 is 5.32 Å². The lowest BCUT2D eigenvalue weighted by Gasteiger charge is -2.29. The van der Waals surface area contributed by atoms with E-state index in [4.69, 9.17) is 0 Å². The van der Waals surface area contributed by atoms with Crippen LogP contribution in [-0.4, -0.2) is 55.3 Å². The van der Waals surface area contributed by atoms with Crippen molar-refractivity contribution in [1.82, 2.24) is 35.4 Å². The van der Waals surface area contributed by atoms with Crippen LogP contribution in [0.4, 0.5) is 13.2 Å². The lowest BCUT2D eigenvalue weighted by atomic mass is 9.99. The zero-order chi connectivity index (χ0) is 20.1. The van der Waals surface area contributed by atoms with E-state index in [1.807, 2.05) is 5.32 Å². The second-order valence-corrected chi connectivity index (χ2v) is 7.04. The molecule has 0 radical (unpaired) electrons. The van der Waals surface area contributed by atoms with E-state index in [1.165, 1.54) is 23.0 Å². The van der Waals surface area contributed by atoms with Crippen LogP contribution >= 0.6 is 0 Å². The third-order valence-electron chi connectivity index (χ3n) is 4.79. The first-order valence-corrected chi connectivity index (χ1v) is 9.06. The van der Waals surface area contributed by atoms with Crippen molar-refractivity contribution in [2.24, 2.45) is 5.92 Å². The zero-order valence-electron chi connectivity index (χ0n) is 15.4. The maximum atomic E-state index is 13.4. The summed E-state index contributed by atoms with van der Waals surface area (Å²) in [4.78, 5) is 18.1. The van der Waals surface area contributed by atoms with Crippen LogP contribution in [0.5, 0.6) is 0 Å². The normalized spacial score (nSPS) is 17.4. The van der Waals surface area contributed by atoms with Gasteiger partial charge in [-0.05, 0) is 48.3 Å². The molecule has 0 saturated carbocycles. The van der Waals surface area contributed by atoms with Crippen molar-refractivity contribution in [2.45, 2.75) is 45.1 Å². The van der Waals surface area contributed by atoms with Crippen molar-refractivity contribution >= 4 is 5.91 Å². The van der Waals surface area contributed by atoms with E-state index in [0.717, 1.165) is 32.1 Å². The minimum atomic E-state index is -4.65. The molecule has 1 unspecified atom stereocenters. The van der Waals surface area contributed by atoms with E-state index in [0.29, 0.717) is 18.3 Å². The van der Waals surface area contributed by atoms with Gasteiger partial charge in [0.1, 0.15) is 6.54 Å². The molecule has 3 rings (SSSR count). The predicted molar refractivity (Wildman–Crippen MR) is 92.7 cm³/mol. The number of carbonyl (C=O) groups is 1. The minimum absolute atomic E-state index is 0.136. The Bertz CT molecular complexity index is 773. The van der Waals surface area contributed by atoms with Gasteiger partial charge >= 0.3 is 6.18 Å². The molecular formula is C17H22F3N7O. The number of nitrogens with zero attached hydrogens (tertiary/aromatic N) is 6. The first-order chi connectivity index (χ1) is 13.3. The summed E-state index contributed by atoms with van der Waals surface area (Å²) in [5.74, 6) is 0.298. The van der Waals surface area contributed by atoms with Gasteiger partial charge in [-0.3, -0.25) is 14.7 Å². The Hall–Kier alpha value is -2.56. The zero-order valence-corrected chi connectivity index (χ0v) is 15.4. The summed E-state index contributed by atoms with van der Waals surface area (Å²) in [6.45, 7) is 4.07. The van der Waals surface area contributed by atoms with Gasteiger partial charge in [0.25, 0.3) is 0 Å². The summed E-state index contributed by atoms with van der Waals surface area (Å²) in [5.41, 5.74) is -0.136. The van der Waals surface area contributed by atoms with Crippen LogP contribution in [0.15, 0.2) is 24.5 Å². The molecule has 0 bridgehead atoms. The monoisotopic (exact) mass is 397 g/mol. The largest absolute Gasteiger partial charge is 0.412 e. The fourth-order valence-electron chi connectivity index (χ4n) is 3.12. The lowest BCUT2D eigenvalue weighted by molar-refractivity contribution is -0.163. The van der Waals surface area contributed by atoms with Gasteiger partial charge in [-0.25, -0.2) is 4.68 Å². The molecule has 1 aliphatic rings. The van der Waals surface area contributed by atoms with Crippen LogP contribution in [0.25, 0.3) is 0 Å². The molecule has 152 valence electrons. The molecule has 0 aliphatic carbocycles. The van der Waals surface area contributed by atoms with E-state index in [9.17, 15) is 18.0 Å². The number of nitrogens with one attached hydrogen (secondary N) is 1. The van der Waals surface area contributed by atoms with Crippen molar-refractivity contribution in [2.75, 3.05) is 13.1 Å². The number of tetrazole rings is 1. The number of likely N-dealkylation sites (tertiary alicyclic amines) is 1. The number of piperidine rings is 1. The average molecular weight is 397 g/mol. The number of aromatic nitrogens is 5. The van der Waals surface area contributed by atoms with Gasteiger partial charge in [0.05, 0.1) is 6.54 Å². The summed E-state index contributed by atoms with van der Waals surface area (Å²) < 4.78 is 41.3. The molecule has 11 heteroatoms. The van der Waals surface area contributed by atoms with Crippen molar-refractivity contribution in [3.05, 3.63) is 35.9 Å². The molecule has 1 aliphatic heterocycles. The number of carbonyl (C=O) groups excluding carboxylic acids is 1. The SMILES string of the molecule is CC1CCN(Cc2nnnn2CC(=O)NC(c2cccnc2)C(F)(F)F)CC1. The van der Waals surface area contributed by atoms with Gasteiger partial charge in [0.2, 0.25) is 5.91 Å². The summed E-state index contributed by atoms with van der Waals surface area (Å²) in [7, 11) is 0. The van der Waals surface area contributed by atoms with Crippen molar-refractivity contribution < 1.29 is 18.0 Å². The van der Waals surface area contributed by atoms with Gasteiger partial charge in [0, 0.05) is 18.0 Å². The Morgan fingerprint density at radius 3 is 2.75 bits per heavy atom. The molecule has 0 aromatic carbocycles. The smallest absolute Gasteiger partial charge is 0.339 e. The quantitative estimate of drug-likeness (QED) is 0.799. The molecule has 8 nitrogen and oxygen atoms in total. The van der Waals surface area contributed by atoms with E-state index < -0.39 is 18.1 Å². The molecule has 28 heavy (non-hydrogen) atoms. The Labute approximate surface area is 160 Å². The van der Waals surface area contributed by atoms with Crippen LogP contribution in [0.1, 0.15) is 37.2 Å². The molecule has 1 N–H and O–H groups in total. The molecular weight excluding hydrogens is 375 g/mol. The Balaban J connectivity index is 1.64. The van der Waals surface area contributed by atoms with Gasteiger partial charge in [0.15, 0.2) is 11.9 Å². The minimum Gasteiger partial charge on any atom is -0.339 e. The van der Waals surface area contributed by atoms with Crippen LogP contribution in [0.2, 0.25) is 0 Å². The highest BCUT2D eigenvalue weighted by Gasteiger charge is 2.42. The van der Waals surface area contributed by atoms with E-state index in [2.05, 4.69) is 32.3 Å². The van der Waals surface area contributed by atoms with Crippen LogP contribution in [-0.2, 0) is 17.9 Å². The number of halogens is 3. The number of hydrogen-bond acceptors (Lipinski definition) is 6. The third kappa shape index (κ3) is 5.24. The molecule has 1 fully saturated rings. The maximum absolute atomic E-state index is 13.4. The molecule has 1 amide bonds. The van der Waals surface area contributed by atoms with E-state index in [-0.39, 0.29) is 12.1 Å². The molecule has 0 spiro atoms. The Kier molecular flexibility index (Phi) is 6.22. The second kappa shape index (κ2) is 8.63. The molecule has 1 atom stereocenters. The molecule has 2 aromatic rings. The second-order valence-electron chi connectivity index (χ2n) is 7.04. The number of hydrogen-bond donors (Lipinski definition) is 1. The lowest BCUT2D eigenvalue weighted by Crippen LogP contribution is -2.40. The van der Waals surface area contributed by atoms with Crippen molar-refractivity contribution in [3.8, 4) is 0 Å². The Morgan fingerprint density at radius 1 is 1.36 bits per heavy atom. The molecule has 2 aromatic heterocycles. The van der Waals surface area contributed by atoms with Crippen LogP contribution < -0.4 is 5.32 Å². The summed E-state index contributed by atoms with van der Waals surface area (Å²) in [6.07, 6.45) is -0.0564. The van der Waals surface area contributed by atoms with Gasteiger partial charge in [-0.2, -0.15) is 13.2 Å². The van der Waals surface area contributed by atoms with E-state index >= 15 is 0 Å². The number of amides is 1. The summed E-state index contributed by atoms with van der Waals surface area (Å²) >= 11 is 0. The highest BCUT2D eigenvalue weighted by Crippen LogP contribution is 2.32. The van der Waals surface area contributed by atoms with Gasteiger partial charge in [-0.15, -0.1) is 5.10 Å². The topological polar surface area (TPSA) is 88.8 Å². The number of rotatable bonds is 6. The maximum Gasteiger partial charge on any atom is 0.412 e. The third-order valence-corrected chi connectivity index (χ3v) is 4.79. The number of pyridine rings is 1. The highest BCUT2D eigenvalue weighted by molar-refractivity contribution is 5.76. The van der Waals surface area contributed by atoms with Crippen LogP contribution in [0.3, 0.4) is 0 Å². The first-order valence-electron chi connectivity index (χ1n) is 9.06. The van der Waals surface area contributed by atoms with E-state index in [1.54, 1.807) is 0 Å². The van der Waals surface area contributed by atoms with Gasteiger partial charge in [-0.1, -0.05) is 13.0 Å². The van der Waals surface area contributed by atoms with Crippen LogP contribution in [0, 0.1) is 5.92 Å². The standard InChI is InChI=1S/C17H22F3N7O/c1-12-4-7-26(8-5-12)10-14-23-24-25-27(14)11-15(28)22-16(17(18,19)20)13-3-2-6-21-9-13/h2-3,6,9,12,16H,4-5,7-8,10-11H2,1H3,(H,22,28). The summed E-state index contributed by atoms with van der Waals surface area (Å²) in [6, 6.07) is 0.516. The first kappa shape index (κ1) is 20.2. The van der Waals surface area contributed by atoms with Crippen molar-refractivity contribution in [1.29, 1.82) is 0 Å². The molecule has 3 heterocycles.